The van der Waals surface area contributed by atoms with Gasteiger partial charge in [-0.2, -0.15) is 0 Å². The highest BCUT2D eigenvalue weighted by Crippen LogP contribution is 2.34. The molecule has 1 aliphatic rings. The molecule has 0 bridgehead atoms. The van der Waals surface area contributed by atoms with Crippen LogP contribution in [0.4, 0.5) is 20.6 Å². The number of nitrogen functional groups attached to an aromatic ring is 1. The average molecular weight is 388 g/mol. The maximum absolute atomic E-state index is 13.5. The summed E-state index contributed by atoms with van der Waals surface area (Å²) < 4.78 is 13.5. The van der Waals surface area contributed by atoms with Crippen molar-refractivity contribution in [1.29, 1.82) is 0 Å². The standard InChI is InChI=1S/C22H17FN4O2/c23-17-8-9-19(18(24)12-17)27-20(11-16-7-4-10-25-13-16)21(28)26(22(27)29)14-15-5-2-1-3-6-15/h1-13H,14,24H2/b20-11-. The Hall–Kier alpha value is -4.00. The number of halogens is 1. The molecule has 4 rings (SSSR count). The van der Waals surface area contributed by atoms with Gasteiger partial charge in [0.05, 0.1) is 17.9 Å². The molecule has 0 unspecified atom stereocenters. The largest absolute Gasteiger partial charge is 0.397 e. The molecule has 7 heteroatoms. The van der Waals surface area contributed by atoms with E-state index in [-0.39, 0.29) is 23.6 Å². The highest BCUT2D eigenvalue weighted by atomic mass is 19.1. The Balaban J connectivity index is 1.80. The molecule has 0 saturated carbocycles. The first kappa shape index (κ1) is 18.4. The third-order valence-electron chi connectivity index (χ3n) is 4.53. The first-order valence-electron chi connectivity index (χ1n) is 8.91. The summed E-state index contributed by atoms with van der Waals surface area (Å²) in [6, 6.07) is 15.8. The zero-order chi connectivity index (χ0) is 20.4. The average Bonchev–Trinajstić information content (AvgIpc) is 2.94. The van der Waals surface area contributed by atoms with Gasteiger partial charge in [0.2, 0.25) is 0 Å². The highest BCUT2D eigenvalue weighted by Gasteiger charge is 2.42. The summed E-state index contributed by atoms with van der Waals surface area (Å²) in [6.45, 7) is 0.112. The van der Waals surface area contributed by atoms with Gasteiger partial charge >= 0.3 is 6.03 Å². The van der Waals surface area contributed by atoms with Crippen molar-refractivity contribution in [2.45, 2.75) is 6.54 Å². The van der Waals surface area contributed by atoms with Gasteiger partial charge in [-0.05, 0) is 41.5 Å². The second-order valence-electron chi connectivity index (χ2n) is 6.51. The van der Waals surface area contributed by atoms with E-state index in [1.54, 1.807) is 30.6 Å². The van der Waals surface area contributed by atoms with Crippen molar-refractivity contribution in [3.63, 3.8) is 0 Å². The van der Waals surface area contributed by atoms with Crippen LogP contribution in [0.25, 0.3) is 6.08 Å². The second kappa shape index (κ2) is 7.55. The minimum atomic E-state index is -0.549. The van der Waals surface area contributed by atoms with Crippen molar-refractivity contribution in [3.05, 3.63) is 95.7 Å². The van der Waals surface area contributed by atoms with Crippen LogP contribution in [0.5, 0.6) is 0 Å². The molecule has 2 N–H and O–H groups in total. The number of urea groups is 1. The number of anilines is 2. The highest BCUT2D eigenvalue weighted by molar-refractivity contribution is 6.23. The number of amides is 3. The fourth-order valence-corrected chi connectivity index (χ4v) is 3.16. The van der Waals surface area contributed by atoms with Crippen molar-refractivity contribution < 1.29 is 14.0 Å². The van der Waals surface area contributed by atoms with E-state index in [9.17, 15) is 14.0 Å². The normalized spacial score (nSPS) is 15.4. The SMILES string of the molecule is Nc1cc(F)ccc1N1C(=O)N(Cc2ccccc2)C(=O)/C1=C/c1cccnc1. The Morgan fingerprint density at radius 1 is 1.03 bits per heavy atom. The predicted molar refractivity (Wildman–Crippen MR) is 108 cm³/mol. The van der Waals surface area contributed by atoms with Gasteiger partial charge in [-0.1, -0.05) is 36.4 Å². The molecule has 144 valence electrons. The van der Waals surface area contributed by atoms with Crippen molar-refractivity contribution >= 4 is 29.4 Å². The van der Waals surface area contributed by atoms with E-state index in [0.29, 0.717) is 5.56 Å². The second-order valence-corrected chi connectivity index (χ2v) is 6.51. The summed E-state index contributed by atoms with van der Waals surface area (Å²) in [5.41, 5.74) is 7.85. The quantitative estimate of drug-likeness (QED) is 0.419. The topological polar surface area (TPSA) is 79.5 Å². The molecule has 0 aliphatic carbocycles. The first-order valence-corrected chi connectivity index (χ1v) is 8.91. The summed E-state index contributed by atoms with van der Waals surface area (Å²) in [7, 11) is 0. The van der Waals surface area contributed by atoms with Gasteiger partial charge in [-0.15, -0.1) is 0 Å². The molecule has 29 heavy (non-hydrogen) atoms. The molecule has 3 amide bonds. The Labute approximate surface area is 166 Å². The van der Waals surface area contributed by atoms with Crippen LogP contribution in [0.2, 0.25) is 0 Å². The molecule has 2 heterocycles. The number of carbonyl (C=O) groups excluding carboxylic acids is 2. The van der Waals surface area contributed by atoms with Crippen LogP contribution in [-0.4, -0.2) is 21.8 Å². The van der Waals surface area contributed by atoms with Crippen molar-refractivity contribution in [1.82, 2.24) is 9.88 Å². The Bertz CT molecular complexity index is 1100. The van der Waals surface area contributed by atoms with E-state index in [1.807, 2.05) is 30.3 Å². The molecule has 6 nitrogen and oxygen atoms in total. The van der Waals surface area contributed by atoms with Crippen LogP contribution < -0.4 is 10.6 Å². The van der Waals surface area contributed by atoms with Crippen LogP contribution in [0, 0.1) is 5.82 Å². The van der Waals surface area contributed by atoms with Crippen LogP contribution >= 0.6 is 0 Å². The minimum absolute atomic E-state index is 0.0600. The zero-order valence-corrected chi connectivity index (χ0v) is 15.3. The molecule has 0 spiro atoms. The van der Waals surface area contributed by atoms with E-state index in [1.165, 1.54) is 17.0 Å². The number of benzene rings is 2. The number of carbonyl (C=O) groups is 2. The first-order chi connectivity index (χ1) is 14.0. The summed E-state index contributed by atoms with van der Waals surface area (Å²) in [5, 5.41) is 0. The third kappa shape index (κ3) is 3.58. The molecule has 3 aromatic rings. The van der Waals surface area contributed by atoms with E-state index in [4.69, 9.17) is 5.73 Å². The fraction of sp³-hybridized carbons (Fsp3) is 0.0455. The molecular weight excluding hydrogens is 371 g/mol. The van der Waals surface area contributed by atoms with Gasteiger partial charge in [0.25, 0.3) is 5.91 Å². The molecule has 1 aromatic heterocycles. The molecule has 1 fully saturated rings. The van der Waals surface area contributed by atoms with Gasteiger partial charge in [0.1, 0.15) is 11.5 Å². The lowest BCUT2D eigenvalue weighted by molar-refractivity contribution is -0.123. The van der Waals surface area contributed by atoms with Gasteiger partial charge in [0, 0.05) is 12.4 Å². The lowest BCUT2D eigenvalue weighted by Gasteiger charge is -2.19. The number of rotatable bonds is 4. The number of aromatic nitrogens is 1. The number of nitrogens with two attached hydrogens (primary N) is 1. The predicted octanol–water partition coefficient (Wildman–Crippen LogP) is 3.81. The lowest BCUT2D eigenvalue weighted by Crippen LogP contribution is -2.32. The monoisotopic (exact) mass is 388 g/mol. The Morgan fingerprint density at radius 3 is 2.52 bits per heavy atom. The molecular formula is C22H17FN4O2. The maximum Gasteiger partial charge on any atom is 0.336 e. The van der Waals surface area contributed by atoms with E-state index in [2.05, 4.69) is 4.98 Å². The fourth-order valence-electron chi connectivity index (χ4n) is 3.16. The van der Waals surface area contributed by atoms with Gasteiger partial charge in [0.15, 0.2) is 0 Å². The van der Waals surface area contributed by atoms with E-state index >= 15 is 0 Å². The van der Waals surface area contributed by atoms with E-state index in [0.717, 1.165) is 16.5 Å². The van der Waals surface area contributed by atoms with Crippen LogP contribution in [0.3, 0.4) is 0 Å². The van der Waals surface area contributed by atoms with Crippen LogP contribution in [0.1, 0.15) is 11.1 Å². The Kier molecular flexibility index (Phi) is 4.78. The molecule has 0 radical (unpaired) electrons. The third-order valence-corrected chi connectivity index (χ3v) is 4.53. The number of hydrogen-bond donors (Lipinski definition) is 1. The van der Waals surface area contributed by atoms with Crippen molar-refractivity contribution in [2.75, 3.05) is 10.6 Å². The number of pyridine rings is 1. The number of imide groups is 1. The zero-order valence-electron chi connectivity index (χ0n) is 15.3. The molecule has 0 atom stereocenters. The summed E-state index contributed by atoms with van der Waals surface area (Å²) in [5.74, 6) is -0.991. The van der Waals surface area contributed by atoms with Gasteiger partial charge in [-0.25, -0.2) is 9.18 Å². The molecule has 2 aromatic carbocycles. The van der Waals surface area contributed by atoms with Crippen molar-refractivity contribution in [3.8, 4) is 0 Å². The summed E-state index contributed by atoms with van der Waals surface area (Å²) >= 11 is 0. The lowest BCUT2D eigenvalue weighted by atomic mass is 10.2. The number of nitrogens with zero attached hydrogens (tertiary/aromatic N) is 3. The van der Waals surface area contributed by atoms with Gasteiger partial charge in [-0.3, -0.25) is 19.6 Å². The molecule has 1 saturated heterocycles. The van der Waals surface area contributed by atoms with Gasteiger partial charge < -0.3 is 5.73 Å². The van der Waals surface area contributed by atoms with Crippen LogP contribution in [0.15, 0.2) is 78.8 Å². The summed E-state index contributed by atoms with van der Waals surface area (Å²) in [6.07, 6.45) is 4.76. The summed E-state index contributed by atoms with van der Waals surface area (Å²) in [4.78, 5) is 32.7. The molecule has 1 aliphatic heterocycles. The smallest absolute Gasteiger partial charge is 0.336 e. The minimum Gasteiger partial charge on any atom is -0.397 e. The van der Waals surface area contributed by atoms with E-state index < -0.39 is 17.8 Å². The Morgan fingerprint density at radius 2 is 1.83 bits per heavy atom. The van der Waals surface area contributed by atoms with Crippen LogP contribution in [-0.2, 0) is 11.3 Å². The van der Waals surface area contributed by atoms with Crippen molar-refractivity contribution in [2.24, 2.45) is 0 Å². The number of hydrogen-bond acceptors (Lipinski definition) is 4. The maximum atomic E-state index is 13.5.